The van der Waals surface area contributed by atoms with Crippen LogP contribution in [0.5, 0.6) is 0 Å². The molecule has 112 valence electrons. The normalized spacial score (nSPS) is 30.9. The molecular weight excluding hydrogens is 278 g/mol. The fourth-order valence-corrected chi connectivity index (χ4v) is 3.66. The van der Waals surface area contributed by atoms with E-state index in [4.69, 9.17) is 14.2 Å². The second-order valence-corrected chi connectivity index (χ2v) is 6.30. The van der Waals surface area contributed by atoms with Crippen LogP contribution in [0.4, 0.5) is 5.13 Å². The van der Waals surface area contributed by atoms with Crippen LogP contribution in [0.15, 0.2) is 0 Å². The van der Waals surface area contributed by atoms with Gasteiger partial charge in [-0.25, -0.2) is 4.98 Å². The van der Waals surface area contributed by atoms with Gasteiger partial charge in [0.1, 0.15) is 12.2 Å². The Morgan fingerprint density at radius 2 is 2.45 bits per heavy atom. The molecule has 0 saturated carbocycles. The second-order valence-electron chi connectivity index (χ2n) is 5.57. The molecule has 7 heteroatoms. The SMILES string of the molecule is COCc1nsc(N2C[C@H](C)O[C@@]3(CCCOC3)C2)n1. The summed E-state index contributed by atoms with van der Waals surface area (Å²) >= 11 is 1.43. The standard InChI is InChI=1S/C13H21N3O3S/c1-10-6-16(12-14-11(7-17-2)15-20-12)8-13(19-10)4-3-5-18-9-13/h10H,3-9H2,1-2H3/t10-,13-/m0/s1. The third kappa shape index (κ3) is 2.95. The molecule has 2 saturated heterocycles. The number of ether oxygens (including phenoxy) is 3. The van der Waals surface area contributed by atoms with Crippen molar-refractivity contribution in [2.24, 2.45) is 0 Å². The van der Waals surface area contributed by atoms with Gasteiger partial charge in [0.2, 0.25) is 5.13 Å². The molecule has 0 unspecified atom stereocenters. The van der Waals surface area contributed by atoms with Crippen LogP contribution in [0.25, 0.3) is 0 Å². The van der Waals surface area contributed by atoms with E-state index in [9.17, 15) is 0 Å². The van der Waals surface area contributed by atoms with Gasteiger partial charge in [-0.15, -0.1) is 0 Å². The van der Waals surface area contributed by atoms with Crippen molar-refractivity contribution in [1.82, 2.24) is 9.36 Å². The summed E-state index contributed by atoms with van der Waals surface area (Å²) in [6, 6.07) is 0. The van der Waals surface area contributed by atoms with Crippen LogP contribution < -0.4 is 4.90 Å². The molecule has 1 spiro atoms. The van der Waals surface area contributed by atoms with Crippen LogP contribution in [0, 0.1) is 0 Å². The largest absolute Gasteiger partial charge is 0.378 e. The molecule has 20 heavy (non-hydrogen) atoms. The van der Waals surface area contributed by atoms with E-state index in [0.717, 1.165) is 43.5 Å². The van der Waals surface area contributed by atoms with Gasteiger partial charge in [-0.1, -0.05) is 0 Å². The number of aromatic nitrogens is 2. The third-order valence-corrected chi connectivity index (χ3v) is 4.51. The number of rotatable bonds is 3. The van der Waals surface area contributed by atoms with Crippen molar-refractivity contribution in [3.63, 3.8) is 0 Å². The summed E-state index contributed by atoms with van der Waals surface area (Å²) in [7, 11) is 1.66. The molecule has 2 fully saturated rings. The van der Waals surface area contributed by atoms with E-state index in [1.807, 2.05) is 0 Å². The highest BCUT2D eigenvalue weighted by molar-refractivity contribution is 7.09. The van der Waals surface area contributed by atoms with Crippen molar-refractivity contribution in [1.29, 1.82) is 0 Å². The molecule has 2 aliphatic rings. The van der Waals surface area contributed by atoms with E-state index in [1.165, 1.54) is 11.5 Å². The van der Waals surface area contributed by atoms with Gasteiger partial charge in [0.25, 0.3) is 0 Å². The smallest absolute Gasteiger partial charge is 0.205 e. The average molecular weight is 299 g/mol. The van der Waals surface area contributed by atoms with E-state index in [-0.39, 0.29) is 11.7 Å². The Labute approximate surface area is 123 Å². The predicted octanol–water partition coefficient (Wildman–Crippen LogP) is 1.46. The zero-order valence-electron chi connectivity index (χ0n) is 12.0. The molecule has 0 N–H and O–H groups in total. The molecule has 0 aromatic carbocycles. The van der Waals surface area contributed by atoms with E-state index in [0.29, 0.717) is 13.2 Å². The minimum Gasteiger partial charge on any atom is -0.378 e. The summed E-state index contributed by atoms with van der Waals surface area (Å²) in [4.78, 5) is 6.83. The first-order valence-electron chi connectivity index (χ1n) is 7.03. The monoisotopic (exact) mass is 299 g/mol. The van der Waals surface area contributed by atoms with E-state index < -0.39 is 0 Å². The fourth-order valence-electron chi connectivity index (χ4n) is 2.98. The molecule has 2 aliphatic heterocycles. The molecule has 3 rings (SSSR count). The van der Waals surface area contributed by atoms with Crippen LogP contribution >= 0.6 is 11.5 Å². The summed E-state index contributed by atoms with van der Waals surface area (Å²) in [6.07, 6.45) is 2.30. The van der Waals surface area contributed by atoms with Crippen LogP contribution in [-0.2, 0) is 20.8 Å². The van der Waals surface area contributed by atoms with Gasteiger partial charge in [-0.05, 0) is 19.8 Å². The first kappa shape index (κ1) is 14.2. The number of hydrogen-bond donors (Lipinski definition) is 0. The summed E-state index contributed by atoms with van der Waals surface area (Å²) in [5, 5.41) is 0.956. The molecule has 0 bridgehead atoms. The van der Waals surface area contributed by atoms with E-state index in [2.05, 4.69) is 21.2 Å². The first-order chi connectivity index (χ1) is 9.71. The summed E-state index contributed by atoms with van der Waals surface area (Å²) in [5.74, 6) is 0.751. The van der Waals surface area contributed by atoms with Crippen molar-refractivity contribution < 1.29 is 14.2 Å². The summed E-state index contributed by atoms with van der Waals surface area (Å²) in [5.41, 5.74) is -0.178. The van der Waals surface area contributed by atoms with Gasteiger partial charge >= 0.3 is 0 Å². The van der Waals surface area contributed by atoms with Crippen molar-refractivity contribution in [2.75, 3.05) is 38.3 Å². The topological polar surface area (TPSA) is 56.7 Å². The van der Waals surface area contributed by atoms with Gasteiger partial charge in [0.05, 0.1) is 19.3 Å². The maximum absolute atomic E-state index is 6.19. The highest BCUT2D eigenvalue weighted by Crippen LogP contribution is 2.33. The van der Waals surface area contributed by atoms with Crippen molar-refractivity contribution in [3.05, 3.63) is 5.82 Å². The molecule has 3 heterocycles. The number of nitrogens with zero attached hydrogens (tertiary/aromatic N) is 3. The lowest BCUT2D eigenvalue weighted by Gasteiger charge is -2.47. The lowest BCUT2D eigenvalue weighted by atomic mass is 9.93. The Hall–Kier alpha value is -0.760. The summed E-state index contributed by atoms with van der Waals surface area (Å²) in [6.45, 7) is 5.78. The Kier molecular flexibility index (Phi) is 4.21. The van der Waals surface area contributed by atoms with Crippen molar-refractivity contribution in [2.45, 2.75) is 38.1 Å². The van der Waals surface area contributed by atoms with E-state index >= 15 is 0 Å². The van der Waals surface area contributed by atoms with Crippen molar-refractivity contribution >= 4 is 16.7 Å². The van der Waals surface area contributed by atoms with Gasteiger partial charge in [0.15, 0.2) is 5.82 Å². The maximum atomic E-state index is 6.19. The maximum Gasteiger partial charge on any atom is 0.205 e. The average Bonchev–Trinajstić information content (AvgIpc) is 2.88. The molecule has 0 amide bonds. The third-order valence-electron chi connectivity index (χ3n) is 3.70. The molecule has 2 atom stereocenters. The Morgan fingerprint density at radius 3 is 3.20 bits per heavy atom. The molecule has 0 radical (unpaired) electrons. The van der Waals surface area contributed by atoms with E-state index in [1.54, 1.807) is 7.11 Å². The highest BCUT2D eigenvalue weighted by atomic mass is 32.1. The Morgan fingerprint density at radius 1 is 1.55 bits per heavy atom. The molecule has 6 nitrogen and oxygen atoms in total. The van der Waals surface area contributed by atoms with Gasteiger partial charge in [-0.3, -0.25) is 0 Å². The lowest BCUT2D eigenvalue weighted by Crippen LogP contribution is -2.58. The number of methoxy groups -OCH3 is 1. The van der Waals surface area contributed by atoms with Gasteiger partial charge < -0.3 is 19.1 Å². The number of morpholine rings is 1. The lowest BCUT2D eigenvalue weighted by molar-refractivity contribution is -0.160. The van der Waals surface area contributed by atoms with Gasteiger partial charge in [0, 0.05) is 31.8 Å². The number of hydrogen-bond acceptors (Lipinski definition) is 7. The summed E-state index contributed by atoms with van der Waals surface area (Å²) < 4.78 is 21.2. The van der Waals surface area contributed by atoms with Crippen LogP contribution in [-0.4, -0.2) is 54.5 Å². The molecular formula is C13H21N3O3S. The highest BCUT2D eigenvalue weighted by Gasteiger charge is 2.42. The van der Waals surface area contributed by atoms with Crippen molar-refractivity contribution in [3.8, 4) is 0 Å². The van der Waals surface area contributed by atoms with Crippen LogP contribution in [0.2, 0.25) is 0 Å². The fraction of sp³-hybridized carbons (Fsp3) is 0.846. The predicted molar refractivity (Wildman–Crippen MR) is 76.2 cm³/mol. The second kappa shape index (κ2) is 5.93. The Bertz CT molecular complexity index is 448. The first-order valence-corrected chi connectivity index (χ1v) is 7.80. The van der Waals surface area contributed by atoms with Crippen LogP contribution in [0.3, 0.4) is 0 Å². The van der Waals surface area contributed by atoms with Gasteiger partial charge in [-0.2, -0.15) is 4.37 Å². The minimum absolute atomic E-state index is 0.178. The molecule has 1 aromatic heterocycles. The quantitative estimate of drug-likeness (QED) is 0.842. The molecule has 0 aliphatic carbocycles. The number of anilines is 1. The zero-order chi connectivity index (χ0) is 14.0. The minimum atomic E-state index is -0.178. The van der Waals surface area contributed by atoms with Crippen LogP contribution in [0.1, 0.15) is 25.6 Å². The zero-order valence-corrected chi connectivity index (χ0v) is 12.8. The Balaban J connectivity index is 1.74. The molecule has 1 aromatic rings.